The van der Waals surface area contributed by atoms with E-state index in [0.29, 0.717) is 17.7 Å². The van der Waals surface area contributed by atoms with Gasteiger partial charge in [-0.05, 0) is 11.8 Å². The highest BCUT2D eigenvalue weighted by atomic mass is 127. The molecule has 0 bridgehead atoms. The lowest BCUT2D eigenvalue weighted by Crippen LogP contribution is -2.40. The Morgan fingerprint density at radius 2 is 1.76 bits per heavy atom. The normalized spacial score (nSPS) is 16.2. The lowest BCUT2D eigenvalue weighted by molar-refractivity contribution is 0.363. The number of likely N-dealkylation sites (tertiary alicyclic amines) is 1. The number of benzene rings is 1. The summed E-state index contributed by atoms with van der Waals surface area (Å²) in [4.78, 5) is 6.71. The number of halogens is 1. The summed E-state index contributed by atoms with van der Waals surface area (Å²) in [5.74, 6) is 3.07. The Morgan fingerprint density at radius 3 is 2.16 bits per heavy atom. The topological polar surface area (TPSA) is 55.3 Å². The summed E-state index contributed by atoms with van der Waals surface area (Å²) in [7, 11) is 6.74. The van der Waals surface area contributed by atoms with Crippen molar-refractivity contribution in [1.82, 2.24) is 10.2 Å². The van der Waals surface area contributed by atoms with Gasteiger partial charge < -0.3 is 24.4 Å². The first-order chi connectivity index (χ1) is 11.4. The SMILES string of the molecule is CN=C(NCc1c(OC)cc(OC)cc1OC)N1CCC(C)(C)C1.I. The number of rotatable bonds is 5. The van der Waals surface area contributed by atoms with Gasteiger partial charge in [-0.25, -0.2) is 0 Å². The Labute approximate surface area is 167 Å². The molecule has 0 atom stereocenters. The van der Waals surface area contributed by atoms with Crippen molar-refractivity contribution >= 4 is 29.9 Å². The number of hydrogen-bond donors (Lipinski definition) is 1. The van der Waals surface area contributed by atoms with E-state index in [1.54, 1.807) is 21.3 Å². The van der Waals surface area contributed by atoms with Crippen LogP contribution < -0.4 is 19.5 Å². The van der Waals surface area contributed by atoms with Crippen LogP contribution in [0.1, 0.15) is 25.8 Å². The minimum absolute atomic E-state index is 0. The van der Waals surface area contributed by atoms with Gasteiger partial charge in [-0.1, -0.05) is 13.8 Å². The molecule has 1 N–H and O–H groups in total. The van der Waals surface area contributed by atoms with E-state index in [1.165, 1.54) is 6.42 Å². The molecule has 0 saturated carbocycles. The fourth-order valence-corrected chi connectivity index (χ4v) is 3.04. The van der Waals surface area contributed by atoms with E-state index >= 15 is 0 Å². The van der Waals surface area contributed by atoms with Crippen LogP contribution in [0.5, 0.6) is 17.2 Å². The van der Waals surface area contributed by atoms with Crippen molar-refractivity contribution in [2.75, 3.05) is 41.5 Å². The standard InChI is InChI=1S/C18H29N3O3.HI/c1-18(2)7-8-21(12-18)17(19-3)20-11-14-15(23-5)9-13(22-4)10-16(14)24-6;/h9-10H,7-8,11-12H2,1-6H3,(H,19,20);1H. The van der Waals surface area contributed by atoms with Crippen LogP contribution in [-0.4, -0.2) is 52.3 Å². The molecule has 1 aliphatic rings. The summed E-state index contributed by atoms with van der Waals surface area (Å²) in [6.45, 7) is 7.17. The number of hydrogen-bond acceptors (Lipinski definition) is 4. The van der Waals surface area contributed by atoms with Crippen LogP contribution in [0.3, 0.4) is 0 Å². The largest absolute Gasteiger partial charge is 0.496 e. The Bertz CT molecular complexity index is 580. The van der Waals surface area contributed by atoms with Crippen molar-refractivity contribution in [3.63, 3.8) is 0 Å². The molecule has 1 heterocycles. The van der Waals surface area contributed by atoms with E-state index in [4.69, 9.17) is 14.2 Å². The van der Waals surface area contributed by atoms with E-state index in [1.807, 2.05) is 19.2 Å². The second kappa shape index (κ2) is 9.35. The van der Waals surface area contributed by atoms with Crippen LogP contribution in [0.25, 0.3) is 0 Å². The number of nitrogens with zero attached hydrogens (tertiary/aromatic N) is 2. The number of aliphatic imine (C=N–C) groups is 1. The second-order valence-electron chi connectivity index (χ2n) is 6.75. The summed E-state index contributed by atoms with van der Waals surface area (Å²) in [5.41, 5.74) is 1.27. The molecule has 0 aliphatic carbocycles. The smallest absolute Gasteiger partial charge is 0.193 e. The summed E-state index contributed by atoms with van der Waals surface area (Å²) >= 11 is 0. The molecule has 1 aliphatic heterocycles. The van der Waals surface area contributed by atoms with E-state index in [2.05, 4.69) is 29.1 Å². The third-order valence-electron chi connectivity index (χ3n) is 4.43. The van der Waals surface area contributed by atoms with Crippen LogP contribution >= 0.6 is 24.0 Å². The third-order valence-corrected chi connectivity index (χ3v) is 4.43. The maximum atomic E-state index is 5.50. The van der Waals surface area contributed by atoms with Crippen molar-refractivity contribution in [1.29, 1.82) is 0 Å². The maximum absolute atomic E-state index is 5.50. The summed E-state index contributed by atoms with van der Waals surface area (Å²) in [6, 6.07) is 3.72. The Balaban J connectivity index is 0.00000312. The quantitative estimate of drug-likeness (QED) is 0.413. The average molecular weight is 463 g/mol. The van der Waals surface area contributed by atoms with Crippen molar-refractivity contribution in [3.8, 4) is 17.2 Å². The van der Waals surface area contributed by atoms with Gasteiger partial charge in [-0.15, -0.1) is 24.0 Å². The molecule has 0 unspecified atom stereocenters. The van der Waals surface area contributed by atoms with Crippen molar-refractivity contribution in [3.05, 3.63) is 17.7 Å². The lowest BCUT2D eigenvalue weighted by atomic mass is 9.93. The molecule has 25 heavy (non-hydrogen) atoms. The maximum Gasteiger partial charge on any atom is 0.193 e. The van der Waals surface area contributed by atoms with Gasteiger partial charge >= 0.3 is 0 Å². The zero-order chi connectivity index (χ0) is 17.7. The molecular weight excluding hydrogens is 433 g/mol. The fraction of sp³-hybridized carbons (Fsp3) is 0.611. The number of ether oxygens (including phenoxy) is 3. The second-order valence-corrected chi connectivity index (χ2v) is 6.75. The predicted molar refractivity (Wildman–Crippen MR) is 112 cm³/mol. The zero-order valence-electron chi connectivity index (χ0n) is 16.0. The van der Waals surface area contributed by atoms with Gasteiger partial charge in [0.1, 0.15) is 17.2 Å². The van der Waals surface area contributed by atoms with Gasteiger partial charge in [0.05, 0.1) is 33.4 Å². The monoisotopic (exact) mass is 463 g/mol. The first-order valence-corrected chi connectivity index (χ1v) is 8.18. The molecule has 1 saturated heterocycles. The third kappa shape index (κ3) is 5.29. The van der Waals surface area contributed by atoms with Gasteiger partial charge in [0.15, 0.2) is 5.96 Å². The summed E-state index contributed by atoms with van der Waals surface area (Å²) < 4.78 is 16.3. The first kappa shape index (κ1) is 21.7. The van der Waals surface area contributed by atoms with E-state index < -0.39 is 0 Å². The predicted octanol–water partition coefficient (Wildman–Crippen LogP) is 3.14. The number of guanidine groups is 1. The average Bonchev–Trinajstić information content (AvgIpc) is 2.94. The molecule has 0 aromatic heterocycles. The van der Waals surface area contributed by atoms with Gasteiger partial charge in [0, 0.05) is 32.3 Å². The molecular formula is C18H30IN3O3. The van der Waals surface area contributed by atoms with Crippen molar-refractivity contribution in [2.45, 2.75) is 26.8 Å². The Morgan fingerprint density at radius 1 is 1.16 bits per heavy atom. The molecule has 1 aromatic rings. The molecule has 6 nitrogen and oxygen atoms in total. The first-order valence-electron chi connectivity index (χ1n) is 8.18. The highest BCUT2D eigenvalue weighted by Crippen LogP contribution is 2.34. The Kier molecular flexibility index (Phi) is 8.11. The molecule has 0 spiro atoms. The van der Waals surface area contributed by atoms with Gasteiger partial charge in [-0.3, -0.25) is 4.99 Å². The lowest BCUT2D eigenvalue weighted by Gasteiger charge is -2.24. The minimum Gasteiger partial charge on any atom is -0.496 e. The molecule has 7 heteroatoms. The highest BCUT2D eigenvalue weighted by Gasteiger charge is 2.31. The highest BCUT2D eigenvalue weighted by molar-refractivity contribution is 14.0. The van der Waals surface area contributed by atoms with Gasteiger partial charge in [0.25, 0.3) is 0 Å². The van der Waals surface area contributed by atoms with Crippen molar-refractivity contribution in [2.24, 2.45) is 10.4 Å². The van der Waals surface area contributed by atoms with Gasteiger partial charge in [0.2, 0.25) is 0 Å². The van der Waals surface area contributed by atoms with Crippen LogP contribution in [-0.2, 0) is 6.54 Å². The van der Waals surface area contributed by atoms with E-state index in [9.17, 15) is 0 Å². The molecule has 2 rings (SSSR count). The molecule has 0 radical (unpaired) electrons. The van der Waals surface area contributed by atoms with Crippen molar-refractivity contribution < 1.29 is 14.2 Å². The van der Waals surface area contributed by atoms with Gasteiger partial charge in [-0.2, -0.15) is 0 Å². The summed E-state index contributed by atoms with van der Waals surface area (Å²) in [5, 5.41) is 3.43. The van der Waals surface area contributed by atoms with E-state index in [0.717, 1.165) is 36.1 Å². The number of methoxy groups -OCH3 is 3. The molecule has 142 valence electrons. The van der Waals surface area contributed by atoms with E-state index in [-0.39, 0.29) is 24.0 Å². The van der Waals surface area contributed by atoms with Crippen LogP contribution in [0.15, 0.2) is 17.1 Å². The van der Waals surface area contributed by atoms with Crippen LogP contribution in [0, 0.1) is 5.41 Å². The van der Waals surface area contributed by atoms with Crippen LogP contribution in [0.4, 0.5) is 0 Å². The Hall–Kier alpha value is -1.38. The fourth-order valence-electron chi connectivity index (χ4n) is 3.04. The zero-order valence-corrected chi connectivity index (χ0v) is 18.3. The summed E-state index contributed by atoms with van der Waals surface area (Å²) in [6.07, 6.45) is 1.17. The minimum atomic E-state index is 0. The number of nitrogens with one attached hydrogen (secondary N) is 1. The molecule has 1 fully saturated rings. The molecule has 1 aromatic carbocycles. The molecule has 0 amide bonds. The van der Waals surface area contributed by atoms with Crippen LogP contribution in [0.2, 0.25) is 0 Å².